The first kappa shape index (κ1) is 21.9. The molecule has 0 amide bonds. The lowest BCUT2D eigenvalue weighted by atomic mass is 9.91. The average Bonchev–Trinajstić information content (AvgIpc) is 2.93. The summed E-state index contributed by atoms with van der Waals surface area (Å²) in [5.41, 5.74) is 12.7. The molecule has 2 nitrogen and oxygen atoms in total. The second-order valence-electron chi connectivity index (χ2n) is 9.31. The molecule has 0 saturated heterocycles. The first-order valence-corrected chi connectivity index (χ1v) is 12.2. The number of fused-ring (bicyclic) bond motifs is 1. The summed E-state index contributed by atoms with van der Waals surface area (Å²) in [5, 5.41) is 1.15. The zero-order chi connectivity index (χ0) is 24.5. The minimum atomic E-state index is 0.969. The van der Waals surface area contributed by atoms with Crippen LogP contribution in [-0.4, -0.2) is 9.97 Å². The molecule has 0 radical (unpaired) electrons. The lowest BCUT2D eigenvalue weighted by Gasteiger charge is -2.14. The molecule has 0 N–H and O–H groups in total. The van der Waals surface area contributed by atoms with E-state index in [9.17, 15) is 0 Å². The van der Waals surface area contributed by atoms with E-state index in [0.717, 1.165) is 33.3 Å². The van der Waals surface area contributed by atoms with Crippen LogP contribution in [0.1, 0.15) is 11.1 Å². The number of benzene rings is 4. The molecule has 0 aliphatic carbocycles. The van der Waals surface area contributed by atoms with Crippen LogP contribution in [0.25, 0.3) is 55.5 Å². The van der Waals surface area contributed by atoms with E-state index in [1.54, 1.807) is 0 Å². The molecule has 2 heteroatoms. The predicted molar refractivity (Wildman–Crippen MR) is 151 cm³/mol. The van der Waals surface area contributed by atoms with Crippen LogP contribution in [0.3, 0.4) is 0 Å². The Morgan fingerprint density at radius 1 is 0.444 bits per heavy atom. The van der Waals surface area contributed by atoms with Gasteiger partial charge in [-0.05, 0) is 77.6 Å². The maximum Gasteiger partial charge on any atom is 0.0786 e. The van der Waals surface area contributed by atoms with Crippen LogP contribution in [0.15, 0.2) is 122 Å². The van der Waals surface area contributed by atoms with Gasteiger partial charge in [0.15, 0.2) is 0 Å². The number of aromatic nitrogens is 2. The predicted octanol–water partition coefficient (Wildman–Crippen LogP) is 8.91. The molecule has 0 fully saturated rings. The number of pyridine rings is 2. The maximum absolute atomic E-state index is 4.84. The smallest absolute Gasteiger partial charge is 0.0786 e. The minimum absolute atomic E-state index is 0.969. The zero-order valence-corrected chi connectivity index (χ0v) is 20.4. The van der Waals surface area contributed by atoms with E-state index < -0.39 is 0 Å². The van der Waals surface area contributed by atoms with Crippen molar-refractivity contribution >= 4 is 10.9 Å². The van der Waals surface area contributed by atoms with Gasteiger partial charge in [0, 0.05) is 28.9 Å². The number of rotatable bonds is 4. The highest BCUT2D eigenvalue weighted by molar-refractivity contribution is 6.03. The zero-order valence-electron chi connectivity index (χ0n) is 20.4. The normalized spacial score (nSPS) is 11.1. The van der Waals surface area contributed by atoms with Crippen molar-refractivity contribution in [1.82, 2.24) is 9.97 Å². The van der Waals surface area contributed by atoms with Crippen molar-refractivity contribution in [2.45, 2.75) is 13.8 Å². The van der Waals surface area contributed by atoms with Gasteiger partial charge in [-0.3, -0.25) is 9.97 Å². The minimum Gasteiger partial charge on any atom is -0.256 e. The molecule has 6 aromatic rings. The third-order valence-corrected chi connectivity index (χ3v) is 6.68. The summed E-state index contributed by atoms with van der Waals surface area (Å²) in [5.74, 6) is 0. The van der Waals surface area contributed by atoms with Gasteiger partial charge in [-0.25, -0.2) is 0 Å². The summed E-state index contributed by atoms with van der Waals surface area (Å²) < 4.78 is 0. The molecule has 0 saturated carbocycles. The highest BCUT2D eigenvalue weighted by atomic mass is 14.7. The highest BCUT2D eigenvalue weighted by Gasteiger charge is 2.13. The molecule has 172 valence electrons. The second kappa shape index (κ2) is 9.24. The topological polar surface area (TPSA) is 25.8 Å². The van der Waals surface area contributed by atoms with Gasteiger partial charge in [0.05, 0.1) is 11.2 Å². The fourth-order valence-electron chi connectivity index (χ4n) is 4.89. The van der Waals surface area contributed by atoms with Crippen LogP contribution in [0, 0.1) is 13.8 Å². The lowest BCUT2D eigenvalue weighted by Crippen LogP contribution is -1.91. The lowest BCUT2D eigenvalue weighted by molar-refractivity contribution is 1.33. The fourth-order valence-corrected chi connectivity index (χ4v) is 4.89. The summed E-state index contributed by atoms with van der Waals surface area (Å²) in [7, 11) is 0. The summed E-state index contributed by atoms with van der Waals surface area (Å²) in [6, 6.07) is 38.8. The van der Waals surface area contributed by atoms with E-state index in [4.69, 9.17) is 4.98 Å². The molecule has 0 unspecified atom stereocenters. The third kappa shape index (κ3) is 4.18. The van der Waals surface area contributed by atoms with Gasteiger partial charge in [0.1, 0.15) is 0 Å². The van der Waals surface area contributed by atoms with Crippen molar-refractivity contribution in [3.8, 4) is 44.6 Å². The third-order valence-electron chi connectivity index (χ3n) is 6.68. The van der Waals surface area contributed by atoms with Crippen molar-refractivity contribution in [1.29, 1.82) is 0 Å². The number of hydrogen-bond donors (Lipinski definition) is 0. The van der Waals surface area contributed by atoms with E-state index in [1.807, 2.05) is 36.7 Å². The Labute approximate surface area is 212 Å². The molecule has 36 heavy (non-hydrogen) atoms. The summed E-state index contributed by atoms with van der Waals surface area (Å²) in [4.78, 5) is 9.37. The van der Waals surface area contributed by atoms with Crippen LogP contribution in [0.2, 0.25) is 0 Å². The Bertz CT molecular complexity index is 1680. The van der Waals surface area contributed by atoms with Crippen LogP contribution in [0.4, 0.5) is 0 Å². The molecule has 0 atom stereocenters. The van der Waals surface area contributed by atoms with Gasteiger partial charge in [0.25, 0.3) is 0 Å². The molecule has 6 rings (SSSR count). The van der Waals surface area contributed by atoms with Crippen LogP contribution in [0.5, 0.6) is 0 Å². The Balaban J connectivity index is 1.49. The first-order valence-electron chi connectivity index (χ1n) is 12.2. The van der Waals surface area contributed by atoms with E-state index in [1.165, 1.54) is 33.4 Å². The number of nitrogens with zero attached hydrogens (tertiary/aromatic N) is 2. The largest absolute Gasteiger partial charge is 0.256 e. The number of hydrogen-bond acceptors (Lipinski definition) is 2. The Kier molecular flexibility index (Phi) is 5.63. The van der Waals surface area contributed by atoms with Gasteiger partial charge < -0.3 is 0 Å². The SMILES string of the molecule is Cc1ccc(-c2cc(C)cc(-c3ccc(-c4cccc(-c5ccccn5)c4)c4ncccc34)c2)cc1. The van der Waals surface area contributed by atoms with Gasteiger partial charge >= 0.3 is 0 Å². The molecular weight excluding hydrogens is 436 g/mol. The Morgan fingerprint density at radius 2 is 1.19 bits per heavy atom. The highest BCUT2D eigenvalue weighted by Crippen LogP contribution is 2.37. The fraction of sp³-hybridized carbons (Fsp3) is 0.0588. The van der Waals surface area contributed by atoms with E-state index in [2.05, 4.69) is 104 Å². The Hall–Kier alpha value is -4.56. The summed E-state index contributed by atoms with van der Waals surface area (Å²) in [6.07, 6.45) is 3.71. The summed E-state index contributed by atoms with van der Waals surface area (Å²) in [6.45, 7) is 4.29. The second-order valence-corrected chi connectivity index (χ2v) is 9.31. The summed E-state index contributed by atoms with van der Waals surface area (Å²) >= 11 is 0. The molecule has 2 aromatic heterocycles. The van der Waals surface area contributed by atoms with E-state index in [-0.39, 0.29) is 0 Å². The molecule has 0 aliphatic rings. The van der Waals surface area contributed by atoms with Crippen molar-refractivity contribution in [2.24, 2.45) is 0 Å². The maximum atomic E-state index is 4.84. The van der Waals surface area contributed by atoms with Crippen LogP contribution >= 0.6 is 0 Å². The molecule has 0 aliphatic heterocycles. The standard InChI is InChI=1S/C34H26N2/c1-23-11-13-25(14-12-23)28-19-24(2)20-29(22-28)30-15-16-31(34-32(30)9-6-18-36-34)26-7-5-8-27(21-26)33-10-3-4-17-35-33/h3-22H,1-2H3. The van der Waals surface area contributed by atoms with Crippen molar-refractivity contribution in [2.75, 3.05) is 0 Å². The Morgan fingerprint density at radius 3 is 2.03 bits per heavy atom. The first-order chi connectivity index (χ1) is 17.7. The van der Waals surface area contributed by atoms with Crippen molar-refractivity contribution < 1.29 is 0 Å². The monoisotopic (exact) mass is 462 g/mol. The van der Waals surface area contributed by atoms with E-state index >= 15 is 0 Å². The van der Waals surface area contributed by atoms with Crippen LogP contribution < -0.4 is 0 Å². The van der Waals surface area contributed by atoms with Gasteiger partial charge in [-0.2, -0.15) is 0 Å². The van der Waals surface area contributed by atoms with Gasteiger partial charge in [0.2, 0.25) is 0 Å². The average molecular weight is 463 g/mol. The van der Waals surface area contributed by atoms with Gasteiger partial charge in [-0.15, -0.1) is 0 Å². The van der Waals surface area contributed by atoms with Crippen molar-refractivity contribution in [3.63, 3.8) is 0 Å². The molecular formula is C34H26N2. The number of aryl methyl sites for hydroxylation is 2. The van der Waals surface area contributed by atoms with Gasteiger partial charge in [-0.1, -0.05) is 84.4 Å². The van der Waals surface area contributed by atoms with Crippen LogP contribution in [-0.2, 0) is 0 Å². The molecule has 4 aromatic carbocycles. The quantitative estimate of drug-likeness (QED) is 0.261. The molecule has 0 bridgehead atoms. The molecule has 0 spiro atoms. The van der Waals surface area contributed by atoms with Crippen molar-refractivity contribution in [3.05, 3.63) is 133 Å². The van der Waals surface area contributed by atoms with E-state index in [0.29, 0.717) is 0 Å². The molecule has 2 heterocycles.